The van der Waals surface area contributed by atoms with Crippen molar-refractivity contribution in [1.29, 1.82) is 0 Å². The molecular weight excluding hydrogens is 188 g/mol. The summed E-state index contributed by atoms with van der Waals surface area (Å²) in [6, 6.07) is 0. The van der Waals surface area contributed by atoms with E-state index in [-0.39, 0.29) is 5.78 Å². The summed E-state index contributed by atoms with van der Waals surface area (Å²) in [6.07, 6.45) is 1.58. The molecule has 0 spiro atoms. The molecule has 84 valence electrons. The second-order valence-electron chi connectivity index (χ2n) is 4.53. The molecule has 0 amide bonds. The highest BCUT2D eigenvalue weighted by Gasteiger charge is 2.16. The molecule has 0 atom stereocenters. The van der Waals surface area contributed by atoms with Gasteiger partial charge in [0.15, 0.2) is 5.78 Å². The van der Waals surface area contributed by atoms with Gasteiger partial charge in [0.25, 0.3) is 0 Å². The number of aromatic nitrogens is 2. The zero-order chi connectivity index (χ0) is 11.6. The molecule has 0 fully saturated rings. The zero-order valence-electron chi connectivity index (χ0n) is 10.3. The number of ketones is 1. The molecule has 0 N–H and O–H groups in total. The molecule has 0 unspecified atom stereocenters. The van der Waals surface area contributed by atoms with Gasteiger partial charge in [0.05, 0.1) is 11.3 Å². The SMILES string of the molecule is Cc1nn(C)c(C)c1C(=O)CCC(C)C. The van der Waals surface area contributed by atoms with Crippen LogP contribution in [0, 0.1) is 19.8 Å². The van der Waals surface area contributed by atoms with Gasteiger partial charge >= 0.3 is 0 Å². The van der Waals surface area contributed by atoms with E-state index in [1.165, 1.54) is 0 Å². The maximum atomic E-state index is 12.0. The fourth-order valence-electron chi connectivity index (χ4n) is 1.72. The summed E-state index contributed by atoms with van der Waals surface area (Å²) in [5, 5.41) is 4.25. The van der Waals surface area contributed by atoms with Crippen molar-refractivity contribution in [3.63, 3.8) is 0 Å². The standard InChI is InChI=1S/C12H20N2O/c1-8(2)6-7-11(15)12-9(3)13-14(5)10(12)4/h8H,6-7H2,1-5H3. The van der Waals surface area contributed by atoms with Crippen LogP contribution in [0.5, 0.6) is 0 Å². The zero-order valence-corrected chi connectivity index (χ0v) is 10.3. The number of hydrogen-bond donors (Lipinski definition) is 0. The predicted molar refractivity (Wildman–Crippen MR) is 61.1 cm³/mol. The largest absolute Gasteiger partial charge is 0.294 e. The summed E-state index contributed by atoms with van der Waals surface area (Å²) >= 11 is 0. The van der Waals surface area contributed by atoms with E-state index in [1.54, 1.807) is 4.68 Å². The van der Waals surface area contributed by atoms with E-state index >= 15 is 0 Å². The summed E-state index contributed by atoms with van der Waals surface area (Å²) in [4.78, 5) is 12.0. The van der Waals surface area contributed by atoms with Crippen molar-refractivity contribution in [3.8, 4) is 0 Å². The Balaban J connectivity index is 2.82. The molecular formula is C12H20N2O. The Labute approximate surface area is 91.5 Å². The van der Waals surface area contributed by atoms with Crippen LogP contribution < -0.4 is 0 Å². The van der Waals surface area contributed by atoms with Crippen LogP contribution in [0.3, 0.4) is 0 Å². The fourth-order valence-corrected chi connectivity index (χ4v) is 1.72. The summed E-state index contributed by atoms with van der Waals surface area (Å²) in [5.74, 6) is 0.804. The number of carbonyl (C=O) groups excluding carboxylic acids is 1. The first-order valence-electron chi connectivity index (χ1n) is 5.47. The van der Waals surface area contributed by atoms with Crippen molar-refractivity contribution in [2.24, 2.45) is 13.0 Å². The maximum Gasteiger partial charge on any atom is 0.166 e. The van der Waals surface area contributed by atoms with Crippen LogP contribution >= 0.6 is 0 Å². The van der Waals surface area contributed by atoms with Crippen molar-refractivity contribution in [2.75, 3.05) is 0 Å². The van der Waals surface area contributed by atoms with Gasteiger partial charge in [-0.15, -0.1) is 0 Å². The Morgan fingerprint density at radius 1 is 1.40 bits per heavy atom. The highest BCUT2D eigenvalue weighted by molar-refractivity contribution is 5.98. The number of nitrogens with zero attached hydrogens (tertiary/aromatic N) is 2. The molecule has 0 saturated carbocycles. The summed E-state index contributed by atoms with van der Waals surface area (Å²) < 4.78 is 1.78. The highest BCUT2D eigenvalue weighted by atomic mass is 16.1. The van der Waals surface area contributed by atoms with Gasteiger partial charge in [-0.1, -0.05) is 13.8 Å². The van der Waals surface area contributed by atoms with Gasteiger partial charge in [0.1, 0.15) is 0 Å². The Kier molecular flexibility index (Phi) is 3.66. The number of rotatable bonds is 4. The average Bonchev–Trinajstić information content (AvgIpc) is 2.37. The third-order valence-corrected chi connectivity index (χ3v) is 2.74. The van der Waals surface area contributed by atoms with Gasteiger partial charge in [-0.2, -0.15) is 5.10 Å². The van der Waals surface area contributed by atoms with Crippen LogP contribution in [-0.4, -0.2) is 15.6 Å². The lowest BCUT2D eigenvalue weighted by Gasteiger charge is -2.04. The molecule has 1 aromatic rings. The van der Waals surface area contributed by atoms with Crippen molar-refractivity contribution in [3.05, 3.63) is 17.0 Å². The minimum absolute atomic E-state index is 0.229. The molecule has 1 rings (SSSR count). The summed E-state index contributed by atoms with van der Waals surface area (Å²) in [6.45, 7) is 8.12. The average molecular weight is 208 g/mol. The van der Waals surface area contributed by atoms with E-state index in [0.717, 1.165) is 23.4 Å². The van der Waals surface area contributed by atoms with E-state index in [4.69, 9.17) is 0 Å². The predicted octanol–water partition coefficient (Wildman–Crippen LogP) is 2.66. The molecule has 15 heavy (non-hydrogen) atoms. The topological polar surface area (TPSA) is 34.9 Å². The van der Waals surface area contributed by atoms with Crippen LogP contribution in [0.2, 0.25) is 0 Å². The lowest BCUT2D eigenvalue weighted by Crippen LogP contribution is -2.04. The summed E-state index contributed by atoms with van der Waals surface area (Å²) in [5.41, 5.74) is 2.64. The molecule has 0 aliphatic heterocycles. The second kappa shape index (κ2) is 4.60. The normalized spacial score (nSPS) is 11.1. The molecule has 0 saturated heterocycles. The van der Waals surface area contributed by atoms with Crippen LogP contribution in [0.4, 0.5) is 0 Å². The number of aryl methyl sites for hydroxylation is 2. The molecule has 3 heteroatoms. The van der Waals surface area contributed by atoms with Crippen molar-refractivity contribution < 1.29 is 4.79 Å². The molecule has 0 aliphatic carbocycles. The van der Waals surface area contributed by atoms with E-state index in [1.807, 2.05) is 20.9 Å². The molecule has 1 aromatic heterocycles. The van der Waals surface area contributed by atoms with Gasteiger partial charge in [-0.25, -0.2) is 0 Å². The second-order valence-corrected chi connectivity index (χ2v) is 4.53. The number of Topliss-reactive ketones (excluding diaryl/α,β-unsaturated/α-hetero) is 1. The monoisotopic (exact) mass is 208 g/mol. The minimum atomic E-state index is 0.229. The smallest absolute Gasteiger partial charge is 0.166 e. The van der Waals surface area contributed by atoms with Gasteiger partial charge < -0.3 is 0 Å². The lowest BCUT2D eigenvalue weighted by atomic mass is 10.0. The Bertz CT molecular complexity index is 364. The van der Waals surface area contributed by atoms with E-state index in [0.29, 0.717) is 12.3 Å². The van der Waals surface area contributed by atoms with Crippen LogP contribution in [0.1, 0.15) is 48.4 Å². The Morgan fingerprint density at radius 3 is 2.40 bits per heavy atom. The third-order valence-electron chi connectivity index (χ3n) is 2.74. The lowest BCUT2D eigenvalue weighted by molar-refractivity contribution is 0.0974. The van der Waals surface area contributed by atoms with Crippen LogP contribution in [0.25, 0.3) is 0 Å². The van der Waals surface area contributed by atoms with Crippen LogP contribution in [-0.2, 0) is 7.05 Å². The minimum Gasteiger partial charge on any atom is -0.294 e. The van der Waals surface area contributed by atoms with Gasteiger partial charge in [-0.3, -0.25) is 9.48 Å². The molecule has 0 bridgehead atoms. The molecule has 1 heterocycles. The third kappa shape index (κ3) is 2.67. The maximum absolute atomic E-state index is 12.0. The van der Waals surface area contributed by atoms with Crippen LogP contribution in [0.15, 0.2) is 0 Å². The number of carbonyl (C=O) groups is 1. The van der Waals surface area contributed by atoms with Crippen molar-refractivity contribution in [1.82, 2.24) is 9.78 Å². The highest BCUT2D eigenvalue weighted by Crippen LogP contribution is 2.16. The van der Waals surface area contributed by atoms with Gasteiger partial charge in [0.2, 0.25) is 0 Å². The molecule has 0 aromatic carbocycles. The Morgan fingerprint density at radius 2 is 2.00 bits per heavy atom. The first kappa shape index (κ1) is 12.0. The van der Waals surface area contributed by atoms with E-state index in [2.05, 4.69) is 18.9 Å². The van der Waals surface area contributed by atoms with Gasteiger partial charge in [0, 0.05) is 19.2 Å². The summed E-state index contributed by atoms with van der Waals surface area (Å²) in [7, 11) is 1.88. The quantitative estimate of drug-likeness (QED) is 0.713. The molecule has 0 aliphatic rings. The van der Waals surface area contributed by atoms with Gasteiger partial charge in [-0.05, 0) is 26.2 Å². The Hall–Kier alpha value is -1.12. The van der Waals surface area contributed by atoms with Crippen molar-refractivity contribution in [2.45, 2.75) is 40.5 Å². The van der Waals surface area contributed by atoms with E-state index < -0.39 is 0 Å². The molecule has 0 radical (unpaired) electrons. The molecule has 3 nitrogen and oxygen atoms in total. The number of hydrogen-bond acceptors (Lipinski definition) is 2. The fraction of sp³-hybridized carbons (Fsp3) is 0.667. The first-order valence-corrected chi connectivity index (χ1v) is 5.47. The first-order chi connectivity index (χ1) is 6.93. The van der Waals surface area contributed by atoms with E-state index in [9.17, 15) is 4.79 Å². The van der Waals surface area contributed by atoms with Crippen molar-refractivity contribution >= 4 is 5.78 Å².